The zero-order valence-corrected chi connectivity index (χ0v) is 15.2. The number of fused-ring (bicyclic) bond motifs is 2. The second-order valence-corrected chi connectivity index (χ2v) is 8.36. The van der Waals surface area contributed by atoms with Gasteiger partial charge >= 0.3 is 0 Å². The van der Waals surface area contributed by atoms with Crippen LogP contribution in [0.1, 0.15) is 62.0 Å². The van der Waals surface area contributed by atoms with Crippen molar-refractivity contribution < 1.29 is 4.79 Å². The molecule has 4 aliphatic rings. The van der Waals surface area contributed by atoms with E-state index in [0.29, 0.717) is 23.9 Å². The molecule has 0 spiro atoms. The van der Waals surface area contributed by atoms with Crippen LogP contribution in [-0.2, 0) is 17.6 Å². The SMILES string of the molecule is Cc1nc2c(c(N3CCC4C(CCC(=O)N4C4CC4)C3)n1)CCCC2. The van der Waals surface area contributed by atoms with Crippen LogP contribution in [0.15, 0.2) is 0 Å². The van der Waals surface area contributed by atoms with E-state index in [4.69, 9.17) is 9.97 Å². The Morgan fingerprint density at radius 1 is 1.00 bits per heavy atom. The van der Waals surface area contributed by atoms with Crippen molar-refractivity contribution in [2.24, 2.45) is 5.92 Å². The lowest BCUT2D eigenvalue weighted by atomic mass is 9.83. The van der Waals surface area contributed by atoms with E-state index in [-0.39, 0.29) is 0 Å². The van der Waals surface area contributed by atoms with E-state index in [0.717, 1.165) is 51.0 Å². The second kappa shape index (κ2) is 5.96. The third-order valence-electron chi connectivity index (χ3n) is 6.58. The molecule has 0 aromatic carbocycles. The van der Waals surface area contributed by atoms with Crippen molar-refractivity contribution in [2.45, 2.75) is 76.8 Å². The fourth-order valence-electron chi connectivity index (χ4n) is 5.27. The van der Waals surface area contributed by atoms with Crippen molar-refractivity contribution in [3.63, 3.8) is 0 Å². The number of rotatable bonds is 2. The molecule has 0 N–H and O–H groups in total. The number of piperidine rings is 2. The van der Waals surface area contributed by atoms with Crippen LogP contribution < -0.4 is 4.90 Å². The molecular weight excluding hydrogens is 312 g/mol. The number of hydrogen-bond acceptors (Lipinski definition) is 4. The third-order valence-corrected chi connectivity index (χ3v) is 6.58. The molecule has 1 aromatic heterocycles. The topological polar surface area (TPSA) is 49.3 Å². The van der Waals surface area contributed by atoms with Gasteiger partial charge in [-0.05, 0) is 64.2 Å². The highest BCUT2D eigenvalue weighted by molar-refractivity contribution is 5.78. The minimum absolute atomic E-state index is 0.410. The number of carbonyl (C=O) groups excluding carboxylic acids is 1. The maximum absolute atomic E-state index is 12.4. The molecule has 2 saturated heterocycles. The first kappa shape index (κ1) is 15.6. The van der Waals surface area contributed by atoms with Gasteiger partial charge in [-0.25, -0.2) is 9.97 Å². The van der Waals surface area contributed by atoms with Crippen LogP contribution in [0, 0.1) is 12.8 Å². The second-order valence-electron chi connectivity index (χ2n) is 8.36. The van der Waals surface area contributed by atoms with Gasteiger partial charge in [0.25, 0.3) is 0 Å². The van der Waals surface area contributed by atoms with Crippen molar-refractivity contribution in [1.82, 2.24) is 14.9 Å². The largest absolute Gasteiger partial charge is 0.356 e. The Morgan fingerprint density at radius 3 is 2.68 bits per heavy atom. The molecule has 1 aromatic rings. The summed E-state index contributed by atoms with van der Waals surface area (Å²) in [5, 5.41) is 0. The highest BCUT2D eigenvalue weighted by Gasteiger charge is 2.45. The smallest absolute Gasteiger partial charge is 0.223 e. The summed E-state index contributed by atoms with van der Waals surface area (Å²) in [5.74, 6) is 3.14. The summed E-state index contributed by atoms with van der Waals surface area (Å²) in [6, 6.07) is 1.03. The molecule has 0 bridgehead atoms. The van der Waals surface area contributed by atoms with Gasteiger partial charge in [-0.2, -0.15) is 0 Å². The first-order valence-electron chi connectivity index (χ1n) is 10.1. The zero-order valence-electron chi connectivity index (χ0n) is 15.2. The van der Waals surface area contributed by atoms with Crippen molar-refractivity contribution in [3.05, 3.63) is 17.1 Å². The van der Waals surface area contributed by atoms with Gasteiger partial charge in [0.1, 0.15) is 11.6 Å². The van der Waals surface area contributed by atoms with Crippen LogP contribution in [-0.4, -0.2) is 45.9 Å². The van der Waals surface area contributed by atoms with Crippen molar-refractivity contribution in [1.29, 1.82) is 0 Å². The molecule has 3 heterocycles. The highest BCUT2D eigenvalue weighted by Crippen LogP contribution is 2.40. The van der Waals surface area contributed by atoms with Crippen LogP contribution in [0.25, 0.3) is 0 Å². The number of aromatic nitrogens is 2. The van der Waals surface area contributed by atoms with E-state index in [1.165, 1.54) is 42.8 Å². The van der Waals surface area contributed by atoms with Crippen LogP contribution >= 0.6 is 0 Å². The first-order valence-corrected chi connectivity index (χ1v) is 10.1. The summed E-state index contributed by atoms with van der Waals surface area (Å²) in [4.78, 5) is 26.8. The molecule has 25 heavy (non-hydrogen) atoms. The van der Waals surface area contributed by atoms with E-state index < -0.39 is 0 Å². The summed E-state index contributed by atoms with van der Waals surface area (Å²) in [6.45, 7) is 4.11. The van der Waals surface area contributed by atoms with E-state index >= 15 is 0 Å². The summed E-state index contributed by atoms with van der Waals surface area (Å²) in [6.07, 6.45) is 10.1. The minimum Gasteiger partial charge on any atom is -0.356 e. The lowest BCUT2D eigenvalue weighted by Crippen LogP contribution is -2.57. The molecule has 2 aliphatic carbocycles. The maximum Gasteiger partial charge on any atom is 0.223 e. The molecule has 0 radical (unpaired) electrons. The predicted molar refractivity (Wildman–Crippen MR) is 96.6 cm³/mol. The molecule has 2 unspecified atom stereocenters. The Labute approximate surface area is 149 Å². The predicted octanol–water partition coefficient (Wildman–Crippen LogP) is 2.64. The lowest BCUT2D eigenvalue weighted by molar-refractivity contribution is -0.140. The number of nitrogens with zero attached hydrogens (tertiary/aromatic N) is 4. The Morgan fingerprint density at radius 2 is 1.84 bits per heavy atom. The summed E-state index contributed by atoms with van der Waals surface area (Å²) >= 11 is 0. The molecule has 5 rings (SSSR count). The van der Waals surface area contributed by atoms with Gasteiger partial charge < -0.3 is 9.80 Å². The summed E-state index contributed by atoms with van der Waals surface area (Å²) in [5.41, 5.74) is 2.69. The zero-order chi connectivity index (χ0) is 17.0. The molecule has 2 atom stereocenters. The lowest BCUT2D eigenvalue weighted by Gasteiger charge is -2.48. The van der Waals surface area contributed by atoms with Gasteiger partial charge in [-0.3, -0.25) is 4.79 Å². The third kappa shape index (κ3) is 2.72. The Kier molecular flexibility index (Phi) is 3.72. The van der Waals surface area contributed by atoms with Gasteiger partial charge in [0.15, 0.2) is 0 Å². The molecule has 1 saturated carbocycles. The first-order chi connectivity index (χ1) is 12.2. The number of hydrogen-bond donors (Lipinski definition) is 0. The summed E-state index contributed by atoms with van der Waals surface area (Å²) < 4.78 is 0. The van der Waals surface area contributed by atoms with Crippen LogP contribution in [0.2, 0.25) is 0 Å². The number of amides is 1. The number of aryl methyl sites for hydroxylation is 2. The van der Waals surface area contributed by atoms with Crippen molar-refractivity contribution in [2.75, 3.05) is 18.0 Å². The molecular formula is C20H28N4O. The molecule has 3 fully saturated rings. The quantitative estimate of drug-likeness (QED) is 0.830. The fraction of sp³-hybridized carbons (Fsp3) is 0.750. The van der Waals surface area contributed by atoms with Crippen LogP contribution in [0.4, 0.5) is 5.82 Å². The Balaban J connectivity index is 1.41. The fourth-order valence-corrected chi connectivity index (χ4v) is 5.27. The molecule has 1 amide bonds. The Bertz CT molecular complexity index is 699. The molecule has 134 valence electrons. The van der Waals surface area contributed by atoms with Gasteiger partial charge in [0.2, 0.25) is 5.91 Å². The average molecular weight is 340 g/mol. The summed E-state index contributed by atoms with van der Waals surface area (Å²) in [7, 11) is 0. The normalized spacial score (nSPS) is 29.4. The minimum atomic E-state index is 0.410. The molecule has 5 heteroatoms. The van der Waals surface area contributed by atoms with Crippen LogP contribution in [0.3, 0.4) is 0 Å². The maximum atomic E-state index is 12.4. The van der Waals surface area contributed by atoms with Crippen molar-refractivity contribution >= 4 is 11.7 Å². The monoisotopic (exact) mass is 340 g/mol. The molecule has 2 aliphatic heterocycles. The van der Waals surface area contributed by atoms with Gasteiger partial charge in [0, 0.05) is 42.9 Å². The van der Waals surface area contributed by atoms with Gasteiger partial charge in [-0.1, -0.05) is 0 Å². The van der Waals surface area contributed by atoms with Crippen molar-refractivity contribution in [3.8, 4) is 0 Å². The number of likely N-dealkylation sites (tertiary alicyclic amines) is 1. The van der Waals surface area contributed by atoms with Gasteiger partial charge in [0.05, 0.1) is 0 Å². The van der Waals surface area contributed by atoms with E-state index in [9.17, 15) is 4.79 Å². The highest BCUT2D eigenvalue weighted by atomic mass is 16.2. The van der Waals surface area contributed by atoms with E-state index in [1.807, 2.05) is 6.92 Å². The average Bonchev–Trinajstić information content (AvgIpc) is 3.45. The number of anilines is 1. The van der Waals surface area contributed by atoms with Gasteiger partial charge in [-0.15, -0.1) is 0 Å². The molecule has 5 nitrogen and oxygen atoms in total. The van der Waals surface area contributed by atoms with E-state index in [1.54, 1.807) is 0 Å². The van der Waals surface area contributed by atoms with Crippen LogP contribution in [0.5, 0.6) is 0 Å². The van der Waals surface area contributed by atoms with E-state index in [2.05, 4.69) is 9.80 Å². The number of carbonyl (C=O) groups is 1. The Hall–Kier alpha value is -1.65. The standard InChI is InChI=1S/C20H28N4O/c1-13-21-17-5-3-2-4-16(17)20(22-13)23-11-10-18-14(12-23)6-9-19(25)24(18)15-7-8-15/h14-15,18H,2-12H2,1H3.